The first-order chi connectivity index (χ1) is 15.3. The molecular formula is C22H27N7O2S2. The van der Waals surface area contributed by atoms with Crippen LogP contribution in [0.15, 0.2) is 14.6 Å². The summed E-state index contributed by atoms with van der Waals surface area (Å²) in [5, 5.41) is 1.45. The highest BCUT2D eigenvalue weighted by Gasteiger charge is 2.26. The number of nitrogen functional groups attached to an aromatic ring is 1. The van der Waals surface area contributed by atoms with Gasteiger partial charge in [0.05, 0.1) is 10.6 Å². The summed E-state index contributed by atoms with van der Waals surface area (Å²) < 4.78 is 2.47. The first-order valence-corrected chi connectivity index (χ1v) is 12.2. The molecule has 4 aromatic rings. The maximum Gasteiger partial charge on any atom is 0.332 e. The molecule has 0 fully saturated rings. The molecule has 174 valence electrons. The van der Waals surface area contributed by atoms with Crippen LogP contribution in [0.25, 0.3) is 21.3 Å². The van der Waals surface area contributed by atoms with Crippen molar-refractivity contribution >= 4 is 50.2 Å². The fourth-order valence-corrected chi connectivity index (χ4v) is 5.57. The zero-order valence-corrected chi connectivity index (χ0v) is 21.6. The summed E-state index contributed by atoms with van der Waals surface area (Å²) in [6, 6.07) is 0. The third-order valence-electron chi connectivity index (χ3n) is 5.66. The van der Waals surface area contributed by atoms with Crippen molar-refractivity contribution in [2.24, 2.45) is 14.1 Å². The minimum Gasteiger partial charge on any atom is -0.383 e. The highest BCUT2D eigenvalue weighted by Crippen LogP contribution is 2.38. The first-order valence-electron chi connectivity index (χ1n) is 10.5. The second-order valence-electron chi connectivity index (χ2n) is 9.20. The number of hydrogen-bond donors (Lipinski definition) is 1. The Hall–Kier alpha value is -2.79. The van der Waals surface area contributed by atoms with Gasteiger partial charge in [-0.1, -0.05) is 32.5 Å². The Morgan fingerprint density at radius 1 is 1.00 bits per heavy atom. The summed E-state index contributed by atoms with van der Waals surface area (Å²) in [6.07, 6.45) is 0. The van der Waals surface area contributed by atoms with Crippen LogP contribution in [-0.4, -0.2) is 29.1 Å². The molecule has 4 heterocycles. The van der Waals surface area contributed by atoms with E-state index in [4.69, 9.17) is 15.7 Å². The summed E-state index contributed by atoms with van der Waals surface area (Å²) in [5.41, 5.74) is 6.46. The second-order valence-corrected chi connectivity index (χ2v) is 11.7. The molecule has 0 saturated heterocycles. The summed E-state index contributed by atoms with van der Waals surface area (Å²) in [7, 11) is 3.07. The fraction of sp³-hybridized carbons (Fsp3) is 0.455. The number of thiophene rings is 1. The molecule has 0 aromatic carbocycles. The molecule has 0 radical (unpaired) electrons. The number of nitrogens with zero attached hydrogens (tertiary/aromatic N) is 6. The Bertz CT molecular complexity index is 1540. The van der Waals surface area contributed by atoms with Gasteiger partial charge in [0.2, 0.25) is 0 Å². The molecule has 0 spiro atoms. The van der Waals surface area contributed by atoms with Crippen molar-refractivity contribution in [1.29, 1.82) is 0 Å². The van der Waals surface area contributed by atoms with Crippen molar-refractivity contribution in [2.45, 2.75) is 57.2 Å². The van der Waals surface area contributed by atoms with Crippen molar-refractivity contribution in [2.75, 3.05) is 5.73 Å². The number of fused-ring (bicyclic) bond motifs is 2. The van der Waals surface area contributed by atoms with E-state index in [9.17, 15) is 9.59 Å². The van der Waals surface area contributed by atoms with Crippen LogP contribution in [0.1, 0.15) is 55.0 Å². The molecule has 4 rings (SSSR count). The second kappa shape index (κ2) is 7.91. The lowest BCUT2D eigenvalue weighted by molar-refractivity contribution is 0.539. The topological polar surface area (TPSA) is 122 Å². The van der Waals surface area contributed by atoms with Crippen LogP contribution in [0.3, 0.4) is 0 Å². The van der Waals surface area contributed by atoms with Crippen molar-refractivity contribution in [3.05, 3.63) is 42.9 Å². The minimum atomic E-state index is -0.431. The van der Waals surface area contributed by atoms with Crippen LogP contribution in [-0.2, 0) is 19.5 Å². The van der Waals surface area contributed by atoms with Gasteiger partial charge in [-0.25, -0.2) is 24.7 Å². The predicted molar refractivity (Wildman–Crippen MR) is 134 cm³/mol. The Morgan fingerprint density at radius 2 is 1.67 bits per heavy atom. The van der Waals surface area contributed by atoms with Crippen LogP contribution >= 0.6 is 23.1 Å². The molecule has 4 aromatic heterocycles. The van der Waals surface area contributed by atoms with E-state index in [1.165, 1.54) is 23.4 Å². The van der Waals surface area contributed by atoms with Crippen LogP contribution in [0.5, 0.6) is 0 Å². The molecular weight excluding hydrogens is 458 g/mol. The van der Waals surface area contributed by atoms with Gasteiger partial charge in [-0.2, -0.15) is 0 Å². The number of nitrogens with two attached hydrogens (primary N) is 1. The predicted octanol–water partition coefficient (Wildman–Crippen LogP) is 3.38. The number of anilines is 1. The monoisotopic (exact) mass is 485 g/mol. The van der Waals surface area contributed by atoms with Gasteiger partial charge in [-0.05, 0) is 26.3 Å². The molecule has 1 unspecified atom stereocenters. The largest absolute Gasteiger partial charge is 0.383 e. The molecule has 0 amide bonds. The Morgan fingerprint density at radius 3 is 2.30 bits per heavy atom. The van der Waals surface area contributed by atoms with Gasteiger partial charge in [0.25, 0.3) is 5.56 Å². The SMILES string of the molecule is Cc1sc2nc(C(C)Sc3nc(C(C)(C)C)nc4c3c(=O)n(C)c(=O)n4C)nc(N)c2c1C. The maximum atomic E-state index is 13.1. The molecule has 0 aliphatic carbocycles. The van der Waals surface area contributed by atoms with E-state index in [2.05, 4.69) is 9.97 Å². The van der Waals surface area contributed by atoms with E-state index >= 15 is 0 Å². The highest BCUT2D eigenvalue weighted by atomic mass is 32.2. The van der Waals surface area contributed by atoms with Crippen molar-refractivity contribution < 1.29 is 0 Å². The normalized spacial score (nSPS) is 13.2. The fourth-order valence-electron chi connectivity index (χ4n) is 3.55. The van der Waals surface area contributed by atoms with Crippen molar-refractivity contribution in [3.63, 3.8) is 0 Å². The van der Waals surface area contributed by atoms with Gasteiger partial charge in [-0.15, -0.1) is 11.3 Å². The van der Waals surface area contributed by atoms with E-state index in [-0.39, 0.29) is 10.7 Å². The molecule has 0 aliphatic heterocycles. The van der Waals surface area contributed by atoms with E-state index in [1.807, 2.05) is 41.5 Å². The summed E-state index contributed by atoms with van der Waals surface area (Å²) in [5.74, 6) is 1.57. The number of rotatable bonds is 3. The van der Waals surface area contributed by atoms with Gasteiger partial charge in [0.1, 0.15) is 32.7 Å². The Labute approximate surface area is 199 Å². The van der Waals surface area contributed by atoms with Gasteiger partial charge in [0.15, 0.2) is 5.65 Å². The Balaban J connectivity index is 1.92. The number of aromatic nitrogens is 6. The molecule has 11 heteroatoms. The van der Waals surface area contributed by atoms with Crippen LogP contribution < -0.4 is 17.0 Å². The molecule has 1 atom stereocenters. The average Bonchev–Trinajstić information content (AvgIpc) is 3.03. The smallest absolute Gasteiger partial charge is 0.332 e. The number of thioether (sulfide) groups is 1. The molecule has 0 aliphatic rings. The summed E-state index contributed by atoms with van der Waals surface area (Å²) in [4.78, 5) is 46.3. The first kappa shape index (κ1) is 23.4. The van der Waals surface area contributed by atoms with E-state index < -0.39 is 11.2 Å². The lowest BCUT2D eigenvalue weighted by Gasteiger charge is -2.20. The van der Waals surface area contributed by atoms with E-state index in [0.717, 1.165) is 25.2 Å². The number of aryl methyl sites for hydroxylation is 3. The summed E-state index contributed by atoms with van der Waals surface area (Å²) >= 11 is 2.96. The third-order valence-corrected chi connectivity index (χ3v) is 7.85. The van der Waals surface area contributed by atoms with Crippen molar-refractivity contribution in [3.8, 4) is 0 Å². The minimum absolute atomic E-state index is 0.243. The standard InChI is InChI=1S/C22H27N7O2S2/c1-9-10(2)32-17-12(9)14(23)24-15(25-17)11(3)33-18-13-16(26-20(27-18)22(4,5)6)28(7)21(31)29(8)19(13)30/h11H,1-8H3,(H2,23,24,25). The number of hydrogen-bond acceptors (Lipinski definition) is 9. The lowest BCUT2D eigenvalue weighted by atomic mass is 9.96. The summed E-state index contributed by atoms with van der Waals surface area (Å²) in [6.45, 7) is 12.0. The maximum absolute atomic E-state index is 13.1. The van der Waals surface area contributed by atoms with Gasteiger partial charge >= 0.3 is 5.69 Å². The highest BCUT2D eigenvalue weighted by molar-refractivity contribution is 7.99. The quantitative estimate of drug-likeness (QED) is 0.346. The third kappa shape index (κ3) is 3.82. The van der Waals surface area contributed by atoms with Crippen LogP contribution in [0.4, 0.5) is 5.82 Å². The molecule has 0 saturated carbocycles. The average molecular weight is 486 g/mol. The molecule has 2 N–H and O–H groups in total. The lowest BCUT2D eigenvalue weighted by Crippen LogP contribution is -2.38. The van der Waals surface area contributed by atoms with Gasteiger partial charge in [-0.3, -0.25) is 13.9 Å². The van der Waals surface area contributed by atoms with E-state index in [0.29, 0.717) is 33.5 Å². The Kier molecular flexibility index (Phi) is 5.60. The molecule has 33 heavy (non-hydrogen) atoms. The molecule has 9 nitrogen and oxygen atoms in total. The van der Waals surface area contributed by atoms with Gasteiger partial charge < -0.3 is 5.73 Å². The van der Waals surface area contributed by atoms with E-state index in [1.54, 1.807) is 18.4 Å². The van der Waals surface area contributed by atoms with Crippen LogP contribution in [0.2, 0.25) is 0 Å². The zero-order chi connectivity index (χ0) is 24.4. The van der Waals surface area contributed by atoms with Gasteiger partial charge in [0, 0.05) is 24.4 Å². The van der Waals surface area contributed by atoms with Crippen LogP contribution in [0, 0.1) is 13.8 Å². The molecule has 0 bridgehead atoms. The zero-order valence-electron chi connectivity index (χ0n) is 20.0. The van der Waals surface area contributed by atoms with Crippen molar-refractivity contribution in [1.82, 2.24) is 29.1 Å².